The molecule has 1 fully saturated rings. The molecule has 3 aromatic rings. The summed E-state index contributed by atoms with van der Waals surface area (Å²) in [6.45, 7) is 4.92. The number of carbonyl (C=O) groups excluding carboxylic acids is 2. The van der Waals surface area contributed by atoms with Crippen molar-refractivity contribution in [3.63, 3.8) is 0 Å². The van der Waals surface area contributed by atoms with Crippen molar-refractivity contribution in [3.05, 3.63) is 95.3 Å². The molecule has 1 N–H and O–H groups in total. The number of rotatable bonds is 8. The number of pyridine rings is 1. The van der Waals surface area contributed by atoms with Crippen LogP contribution < -0.4 is 9.47 Å². The first-order chi connectivity index (χ1) is 16.5. The topological polar surface area (TPSA) is 89.0 Å². The summed E-state index contributed by atoms with van der Waals surface area (Å²) in [6.07, 6.45) is 3.30. The number of amides is 1. The molecule has 1 atom stereocenters. The van der Waals surface area contributed by atoms with E-state index in [1.54, 1.807) is 54.9 Å². The average Bonchev–Trinajstić information content (AvgIpc) is 3.10. The molecule has 34 heavy (non-hydrogen) atoms. The summed E-state index contributed by atoms with van der Waals surface area (Å²) >= 11 is 0. The number of aliphatic hydroxyl groups is 1. The Morgan fingerprint density at radius 1 is 0.971 bits per heavy atom. The molecule has 1 aliphatic rings. The second-order valence-corrected chi connectivity index (χ2v) is 7.75. The molecule has 1 amide bonds. The molecule has 0 bridgehead atoms. The van der Waals surface area contributed by atoms with Crippen LogP contribution in [-0.2, 0) is 16.1 Å². The van der Waals surface area contributed by atoms with Crippen LogP contribution in [0.25, 0.3) is 5.76 Å². The van der Waals surface area contributed by atoms with Crippen molar-refractivity contribution in [3.8, 4) is 11.5 Å². The van der Waals surface area contributed by atoms with Gasteiger partial charge in [-0.2, -0.15) is 0 Å². The fourth-order valence-electron chi connectivity index (χ4n) is 4.05. The number of ketones is 1. The molecule has 0 saturated carbocycles. The van der Waals surface area contributed by atoms with Gasteiger partial charge in [0.1, 0.15) is 17.3 Å². The van der Waals surface area contributed by atoms with Gasteiger partial charge in [0.2, 0.25) is 0 Å². The molecule has 7 nitrogen and oxygen atoms in total. The fourth-order valence-corrected chi connectivity index (χ4v) is 4.05. The third-order valence-electron chi connectivity index (χ3n) is 5.54. The molecule has 174 valence electrons. The summed E-state index contributed by atoms with van der Waals surface area (Å²) in [5.74, 6) is -0.409. The lowest BCUT2D eigenvalue weighted by atomic mass is 9.95. The van der Waals surface area contributed by atoms with E-state index in [9.17, 15) is 14.7 Å². The number of ether oxygens (including phenoxy) is 2. The van der Waals surface area contributed by atoms with Crippen molar-refractivity contribution < 1.29 is 24.2 Å². The smallest absolute Gasteiger partial charge is 0.295 e. The van der Waals surface area contributed by atoms with Crippen LogP contribution >= 0.6 is 0 Å². The first kappa shape index (κ1) is 23.0. The molecule has 0 radical (unpaired) electrons. The predicted molar refractivity (Wildman–Crippen MR) is 127 cm³/mol. The molecular formula is C27H26N2O5. The largest absolute Gasteiger partial charge is 0.507 e. The van der Waals surface area contributed by atoms with Crippen molar-refractivity contribution >= 4 is 17.4 Å². The van der Waals surface area contributed by atoms with Crippen LogP contribution in [0.1, 0.15) is 36.6 Å². The molecule has 4 rings (SSSR count). The molecule has 0 aliphatic carbocycles. The highest BCUT2D eigenvalue weighted by atomic mass is 16.5. The highest BCUT2D eigenvalue weighted by Gasteiger charge is 2.46. The molecule has 1 saturated heterocycles. The number of nitrogens with zero attached hydrogens (tertiary/aromatic N) is 2. The molecule has 1 aromatic heterocycles. The SMILES string of the molecule is CCOc1ccc(C2C(=C(O)c3cccc(OCC)c3)C(=O)C(=O)N2Cc2cccnc2)cc1. The zero-order chi connectivity index (χ0) is 24.1. The maximum Gasteiger partial charge on any atom is 0.295 e. The first-order valence-corrected chi connectivity index (χ1v) is 11.2. The van der Waals surface area contributed by atoms with Gasteiger partial charge in [-0.05, 0) is 55.3 Å². The number of hydrogen-bond donors (Lipinski definition) is 1. The Kier molecular flexibility index (Phi) is 6.92. The van der Waals surface area contributed by atoms with Crippen molar-refractivity contribution in [1.29, 1.82) is 0 Å². The van der Waals surface area contributed by atoms with Gasteiger partial charge in [-0.3, -0.25) is 14.6 Å². The van der Waals surface area contributed by atoms with Crippen molar-refractivity contribution in [2.45, 2.75) is 26.4 Å². The summed E-state index contributed by atoms with van der Waals surface area (Å²) in [5, 5.41) is 11.2. The number of likely N-dealkylation sites (tertiary alicyclic amines) is 1. The van der Waals surface area contributed by atoms with E-state index in [1.807, 2.05) is 32.0 Å². The minimum absolute atomic E-state index is 0.0340. The maximum absolute atomic E-state index is 13.2. The monoisotopic (exact) mass is 458 g/mol. The number of carbonyl (C=O) groups is 2. The Hall–Kier alpha value is -4.13. The molecule has 2 aromatic carbocycles. The first-order valence-electron chi connectivity index (χ1n) is 11.2. The molecule has 2 heterocycles. The van der Waals surface area contributed by atoms with Crippen molar-refractivity contribution in [2.24, 2.45) is 0 Å². The molecular weight excluding hydrogens is 432 g/mol. The van der Waals surface area contributed by atoms with Crippen LogP contribution in [0.5, 0.6) is 11.5 Å². The molecule has 1 unspecified atom stereocenters. The highest BCUT2D eigenvalue weighted by Crippen LogP contribution is 2.41. The fraction of sp³-hybridized carbons (Fsp3) is 0.222. The lowest BCUT2D eigenvalue weighted by Gasteiger charge is -2.25. The predicted octanol–water partition coefficient (Wildman–Crippen LogP) is 4.50. The third-order valence-corrected chi connectivity index (χ3v) is 5.54. The quantitative estimate of drug-likeness (QED) is 0.304. The Labute approximate surface area is 198 Å². The Balaban J connectivity index is 1.82. The zero-order valence-electron chi connectivity index (χ0n) is 19.1. The number of benzene rings is 2. The van der Waals surface area contributed by atoms with Gasteiger partial charge in [0.25, 0.3) is 11.7 Å². The second-order valence-electron chi connectivity index (χ2n) is 7.75. The van der Waals surface area contributed by atoms with E-state index in [4.69, 9.17) is 9.47 Å². The van der Waals surface area contributed by atoms with Gasteiger partial charge in [-0.1, -0.05) is 30.3 Å². The maximum atomic E-state index is 13.2. The second kappa shape index (κ2) is 10.2. The van der Waals surface area contributed by atoms with Gasteiger partial charge < -0.3 is 19.5 Å². The van der Waals surface area contributed by atoms with E-state index in [-0.39, 0.29) is 17.9 Å². The Morgan fingerprint density at radius 2 is 1.71 bits per heavy atom. The minimum atomic E-state index is -0.772. The zero-order valence-corrected chi connectivity index (χ0v) is 19.1. The highest BCUT2D eigenvalue weighted by molar-refractivity contribution is 6.46. The number of hydrogen-bond acceptors (Lipinski definition) is 6. The van der Waals surface area contributed by atoms with E-state index < -0.39 is 17.7 Å². The van der Waals surface area contributed by atoms with Gasteiger partial charge in [0, 0.05) is 24.5 Å². The van der Waals surface area contributed by atoms with Crippen LogP contribution in [0.15, 0.2) is 78.6 Å². The van der Waals surface area contributed by atoms with Gasteiger partial charge in [-0.25, -0.2) is 0 Å². The molecule has 7 heteroatoms. The number of aliphatic hydroxyl groups excluding tert-OH is 1. The van der Waals surface area contributed by atoms with Gasteiger partial charge in [0.15, 0.2) is 0 Å². The van der Waals surface area contributed by atoms with Gasteiger partial charge >= 0.3 is 0 Å². The van der Waals surface area contributed by atoms with E-state index in [2.05, 4.69) is 4.98 Å². The van der Waals surface area contributed by atoms with E-state index in [1.165, 1.54) is 4.90 Å². The Bertz CT molecular complexity index is 1210. The van der Waals surface area contributed by atoms with Crippen LogP contribution in [0.4, 0.5) is 0 Å². The number of aromatic nitrogens is 1. The number of Topliss-reactive ketones (excluding diaryl/α,β-unsaturated/α-hetero) is 1. The third kappa shape index (κ3) is 4.64. The lowest BCUT2D eigenvalue weighted by molar-refractivity contribution is -0.140. The summed E-state index contributed by atoms with van der Waals surface area (Å²) < 4.78 is 11.1. The summed E-state index contributed by atoms with van der Waals surface area (Å²) in [5.41, 5.74) is 1.90. The average molecular weight is 459 g/mol. The minimum Gasteiger partial charge on any atom is -0.507 e. The summed E-state index contributed by atoms with van der Waals surface area (Å²) in [7, 11) is 0. The summed E-state index contributed by atoms with van der Waals surface area (Å²) in [4.78, 5) is 31.9. The van der Waals surface area contributed by atoms with Crippen molar-refractivity contribution in [2.75, 3.05) is 13.2 Å². The van der Waals surface area contributed by atoms with Crippen LogP contribution in [0.2, 0.25) is 0 Å². The van der Waals surface area contributed by atoms with Gasteiger partial charge in [-0.15, -0.1) is 0 Å². The van der Waals surface area contributed by atoms with E-state index >= 15 is 0 Å². The van der Waals surface area contributed by atoms with Crippen LogP contribution in [0.3, 0.4) is 0 Å². The van der Waals surface area contributed by atoms with Crippen LogP contribution in [-0.4, -0.2) is 39.9 Å². The summed E-state index contributed by atoms with van der Waals surface area (Å²) in [6, 6.07) is 16.9. The normalized spacial score (nSPS) is 17.1. The molecule has 1 aliphatic heterocycles. The van der Waals surface area contributed by atoms with Crippen molar-refractivity contribution in [1.82, 2.24) is 9.88 Å². The van der Waals surface area contributed by atoms with Gasteiger partial charge in [0.05, 0.1) is 24.8 Å². The van der Waals surface area contributed by atoms with E-state index in [0.29, 0.717) is 35.8 Å². The Morgan fingerprint density at radius 3 is 2.38 bits per heavy atom. The van der Waals surface area contributed by atoms with Crippen LogP contribution in [0, 0.1) is 0 Å². The lowest BCUT2D eigenvalue weighted by Crippen LogP contribution is -2.29. The standard InChI is InChI=1S/C27H26N2O5/c1-3-33-21-12-10-19(11-13-21)24-23(25(30)20-8-5-9-22(15-20)34-4-2)26(31)27(32)29(24)17-18-7-6-14-28-16-18/h5-16,24,30H,3-4,17H2,1-2H3. The van der Waals surface area contributed by atoms with E-state index in [0.717, 1.165) is 5.56 Å². The molecule has 0 spiro atoms.